The number of aromatic nitrogens is 1. The van der Waals surface area contributed by atoms with Crippen molar-refractivity contribution in [2.45, 2.75) is 27.7 Å². The summed E-state index contributed by atoms with van der Waals surface area (Å²) in [6, 6.07) is 1.96. The van der Waals surface area contributed by atoms with Crippen LogP contribution in [0.4, 0.5) is 0 Å². The summed E-state index contributed by atoms with van der Waals surface area (Å²) in [5.74, 6) is 0. The highest BCUT2D eigenvalue weighted by molar-refractivity contribution is 5.60. The van der Waals surface area contributed by atoms with Crippen LogP contribution in [0, 0.1) is 0 Å². The van der Waals surface area contributed by atoms with Gasteiger partial charge in [0.1, 0.15) is 0 Å². The summed E-state index contributed by atoms with van der Waals surface area (Å²) in [5.41, 5.74) is 2.13. The number of H-pyrrole nitrogens is 1. The summed E-state index contributed by atoms with van der Waals surface area (Å²) in [6.45, 7) is 15.3. The molecular formula is C12H21N. The van der Waals surface area contributed by atoms with E-state index in [1.54, 1.807) is 12.2 Å². The molecule has 1 N–H and O–H groups in total. The zero-order chi connectivity index (χ0) is 10.7. The van der Waals surface area contributed by atoms with Crippen LogP contribution in [0.2, 0.25) is 0 Å². The molecule has 1 rings (SSSR count). The maximum Gasteiger partial charge on any atom is 0.0447 e. The molecule has 0 aliphatic rings. The van der Waals surface area contributed by atoms with Crippen LogP contribution in [0.1, 0.15) is 39.0 Å². The Balaban J connectivity index is 0. The summed E-state index contributed by atoms with van der Waals surface area (Å²) >= 11 is 0. The van der Waals surface area contributed by atoms with Crippen LogP contribution >= 0.6 is 0 Å². The van der Waals surface area contributed by atoms with Crippen molar-refractivity contribution in [1.29, 1.82) is 0 Å². The van der Waals surface area contributed by atoms with Gasteiger partial charge in [-0.1, -0.05) is 46.9 Å². The average Bonchev–Trinajstić information content (AvgIpc) is 2.70. The standard InChI is InChI=1S/C8H9N.2C2H6/c1-3-7-5-6-9-8(7)4-2;2*1-2/h3-6,9H,1-2H2;2*1-2H3. The Morgan fingerprint density at radius 2 is 1.62 bits per heavy atom. The summed E-state index contributed by atoms with van der Waals surface area (Å²) in [6.07, 6.45) is 5.44. The van der Waals surface area contributed by atoms with E-state index >= 15 is 0 Å². The summed E-state index contributed by atoms with van der Waals surface area (Å²) in [5, 5.41) is 0. The van der Waals surface area contributed by atoms with Crippen molar-refractivity contribution in [2.24, 2.45) is 0 Å². The summed E-state index contributed by atoms with van der Waals surface area (Å²) < 4.78 is 0. The first kappa shape index (κ1) is 14.3. The molecular weight excluding hydrogens is 158 g/mol. The lowest BCUT2D eigenvalue weighted by molar-refractivity contribution is 1.37. The van der Waals surface area contributed by atoms with Crippen molar-refractivity contribution in [1.82, 2.24) is 4.98 Å². The molecule has 0 radical (unpaired) electrons. The maximum absolute atomic E-state index is 3.64. The molecule has 0 aliphatic carbocycles. The van der Waals surface area contributed by atoms with E-state index in [9.17, 15) is 0 Å². The van der Waals surface area contributed by atoms with Gasteiger partial charge < -0.3 is 4.98 Å². The van der Waals surface area contributed by atoms with Gasteiger partial charge in [-0.15, -0.1) is 0 Å². The number of hydrogen-bond donors (Lipinski definition) is 1. The van der Waals surface area contributed by atoms with E-state index in [-0.39, 0.29) is 0 Å². The zero-order valence-corrected chi connectivity index (χ0v) is 9.22. The van der Waals surface area contributed by atoms with Crippen molar-refractivity contribution in [3.8, 4) is 0 Å². The molecule has 0 aromatic carbocycles. The van der Waals surface area contributed by atoms with Crippen LogP contribution in [-0.2, 0) is 0 Å². The normalized spacial score (nSPS) is 7.08. The Labute approximate surface area is 82.2 Å². The van der Waals surface area contributed by atoms with Gasteiger partial charge in [0, 0.05) is 11.9 Å². The molecule has 0 spiro atoms. The molecule has 1 aromatic heterocycles. The van der Waals surface area contributed by atoms with Gasteiger partial charge >= 0.3 is 0 Å². The van der Waals surface area contributed by atoms with E-state index in [1.807, 2.05) is 40.0 Å². The molecule has 1 heteroatoms. The molecule has 0 aliphatic heterocycles. The van der Waals surface area contributed by atoms with Gasteiger partial charge in [0.25, 0.3) is 0 Å². The predicted molar refractivity (Wildman–Crippen MR) is 63.7 cm³/mol. The van der Waals surface area contributed by atoms with Crippen molar-refractivity contribution < 1.29 is 0 Å². The topological polar surface area (TPSA) is 15.8 Å². The number of hydrogen-bond acceptors (Lipinski definition) is 0. The quantitative estimate of drug-likeness (QED) is 0.694. The number of rotatable bonds is 2. The molecule has 1 nitrogen and oxygen atoms in total. The molecule has 0 fully saturated rings. The Bertz CT molecular complexity index is 198. The second-order valence-electron chi connectivity index (χ2n) is 1.75. The first-order valence-corrected chi connectivity index (χ1v) is 4.80. The third-order valence-corrected chi connectivity index (χ3v) is 1.24. The van der Waals surface area contributed by atoms with Crippen molar-refractivity contribution >= 4 is 12.2 Å². The van der Waals surface area contributed by atoms with Crippen LogP contribution in [-0.4, -0.2) is 4.98 Å². The average molecular weight is 179 g/mol. The molecule has 74 valence electrons. The van der Waals surface area contributed by atoms with E-state index in [1.165, 1.54) is 0 Å². The second kappa shape index (κ2) is 10.8. The fraction of sp³-hybridized carbons (Fsp3) is 0.333. The highest BCUT2D eigenvalue weighted by Gasteiger charge is 1.91. The zero-order valence-electron chi connectivity index (χ0n) is 9.22. The molecule has 0 saturated carbocycles. The molecule has 0 amide bonds. The number of aromatic amines is 1. The fourth-order valence-corrected chi connectivity index (χ4v) is 0.749. The van der Waals surface area contributed by atoms with Crippen LogP contribution in [0.5, 0.6) is 0 Å². The molecule has 13 heavy (non-hydrogen) atoms. The molecule has 1 aromatic rings. The van der Waals surface area contributed by atoms with Crippen LogP contribution < -0.4 is 0 Å². The lowest BCUT2D eigenvalue weighted by atomic mass is 10.2. The van der Waals surface area contributed by atoms with Gasteiger partial charge in [-0.25, -0.2) is 0 Å². The predicted octanol–water partition coefficient (Wildman–Crippen LogP) is 4.35. The van der Waals surface area contributed by atoms with Gasteiger partial charge in [0.15, 0.2) is 0 Å². The van der Waals surface area contributed by atoms with Crippen LogP contribution in [0.15, 0.2) is 25.4 Å². The maximum atomic E-state index is 3.64. The van der Waals surface area contributed by atoms with E-state index in [0.717, 1.165) is 11.3 Å². The smallest absolute Gasteiger partial charge is 0.0447 e. The molecule has 0 bridgehead atoms. The van der Waals surface area contributed by atoms with E-state index in [4.69, 9.17) is 0 Å². The fourth-order valence-electron chi connectivity index (χ4n) is 0.749. The van der Waals surface area contributed by atoms with Gasteiger partial charge in [-0.2, -0.15) is 0 Å². The van der Waals surface area contributed by atoms with Crippen molar-refractivity contribution in [3.05, 3.63) is 36.7 Å². The minimum Gasteiger partial charge on any atom is -0.361 e. The van der Waals surface area contributed by atoms with E-state index in [2.05, 4.69) is 18.1 Å². The third-order valence-electron chi connectivity index (χ3n) is 1.24. The lowest BCUT2D eigenvalue weighted by Gasteiger charge is -1.86. The van der Waals surface area contributed by atoms with E-state index < -0.39 is 0 Å². The Kier molecular flexibility index (Phi) is 11.8. The van der Waals surface area contributed by atoms with Gasteiger partial charge in [-0.3, -0.25) is 0 Å². The monoisotopic (exact) mass is 179 g/mol. The SMILES string of the molecule is C=Cc1cc[nH]c1C=C.CC.CC. The Morgan fingerprint density at radius 3 is 1.92 bits per heavy atom. The van der Waals surface area contributed by atoms with Gasteiger partial charge in [-0.05, 0) is 17.7 Å². The van der Waals surface area contributed by atoms with E-state index in [0.29, 0.717) is 0 Å². The first-order chi connectivity index (χ1) is 6.38. The Morgan fingerprint density at radius 1 is 1.08 bits per heavy atom. The second-order valence-corrected chi connectivity index (χ2v) is 1.75. The summed E-state index contributed by atoms with van der Waals surface area (Å²) in [4.78, 5) is 3.02. The van der Waals surface area contributed by atoms with Crippen molar-refractivity contribution in [3.63, 3.8) is 0 Å². The van der Waals surface area contributed by atoms with Gasteiger partial charge in [0.2, 0.25) is 0 Å². The minimum atomic E-state index is 1.03. The van der Waals surface area contributed by atoms with Gasteiger partial charge in [0.05, 0.1) is 0 Å². The number of nitrogens with one attached hydrogen (secondary N) is 1. The molecule has 1 heterocycles. The van der Waals surface area contributed by atoms with Crippen LogP contribution in [0.25, 0.3) is 12.2 Å². The van der Waals surface area contributed by atoms with Crippen molar-refractivity contribution in [2.75, 3.05) is 0 Å². The molecule has 0 atom stereocenters. The first-order valence-electron chi connectivity index (χ1n) is 4.80. The molecule has 0 unspecified atom stereocenters. The lowest BCUT2D eigenvalue weighted by Crippen LogP contribution is -1.70. The van der Waals surface area contributed by atoms with Crippen LogP contribution in [0.3, 0.4) is 0 Å². The minimum absolute atomic E-state index is 1.03. The highest BCUT2D eigenvalue weighted by atomic mass is 14.7. The summed E-state index contributed by atoms with van der Waals surface area (Å²) in [7, 11) is 0. The Hall–Kier alpha value is -1.24. The molecule has 0 saturated heterocycles. The largest absolute Gasteiger partial charge is 0.361 e. The third kappa shape index (κ3) is 5.07. The highest BCUT2D eigenvalue weighted by Crippen LogP contribution is 2.07.